The van der Waals surface area contributed by atoms with E-state index in [9.17, 15) is 19.8 Å². The Hall–Kier alpha value is -2.48. The molecule has 2 aromatic rings. The summed E-state index contributed by atoms with van der Waals surface area (Å²) in [5.74, 6) is -3.02. The molecule has 0 bridgehead atoms. The van der Waals surface area contributed by atoms with Crippen molar-refractivity contribution >= 4 is 57.4 Å². The zero-order chi connectivity index (χ0) is 15.1. The molecule has 2 aromatic heterocycles. The largest absolute Gasteiger partial charge is 2.00 e. The Morgan fingerprint density at radius 3 is 1.20 bits per heavy atom. The number of aromatic amines is 2. The van der Waals surface area contributed by atoms with Gasteiger partial charge in [-0.05, 0) is 0 Å². The van der Waals surface area contributed by atoms with Gasteiger partial charge in [0.25, 0.3) is 0 Å². The van der Waals surface area contributed by atoms with Crippen molar-refractivity contribution in [2.75, 3.05) is 0 Å². The molecule has 0 radical (unpaired) electrons. The molecule has 2 rings (SSSR count). The van der Waals surface area contributed by atoms with Crippen molar-refractivity contribution in [2.45, 2.75) is 0 Å². The number of rotatable bonds is 2. The average Bonchev–Trinajstić information content (AvgIpc) is 3.07. The van der Waals surface area contributed by atoms with Gasteiger partial charge in [-0.15, -0.1) is 10.2 Å². The molecule has 16 nitrogen and oxygen atoms in total. The average molecular weight is 434 g/mol. The van der Waals surface area contributed by atoms with Crippen LogP contribution in [0.3, 0.4) is 0 Å². The number of nitriles is 2. The summed E-state index contributed by atoms with van der Waals surface area (Å²) < 4.78 is 0. The predicted molar refractivity (Wildman–Crippen MR) is 71.1 cm³/mol. The fourth-order valence-corrected chi connectivity index (χ4v) is 0.902. The Labute approximate surface area is 174 Å². The van der Waals surface area contributed by atoms with E-state index in [1.165, 1.54) is 12.1 Å². The minimum Gasteiger partial charge on any atom is -0.543 e. The molecule has 0 amide bonds. The smallest absolute Gasteiger partial charge is 0.543 e. The first-order valence-corrected chi connectivity index (χ1v) is 4.55. The van der Waals surface area contributed by atoms with Gasteiger partial charge in [0.15, 0.2) is 11.4 Å². The summed E-state index contributed by atoms with van der Waals surface area (Å²) in [5.41, 5.74) is -1.44. The molecule has 0 aliphatic heterocycles. The number of aromatic carboxylic acids is 2. The molecule has 25 heavy (non-hydrogen) atoms. The first-order chi connectivity index (χ1) is 9.51. The molecule has 2 heterocycles. The molecule has 0 aliphatic carbocycles. The van der Waals surface area contributed by atoms with Gasteiger partial charge in [-0.3, -0.25) is 0 Å². The van der Waals surface area contributed by atoms with Crippen molar-refractivity contribution in [3.63, 3.8) is 0 Å². The van der Waals surface area contributed by atoms with Crippen LogP contribution in [-0.4, -0.2) is 110 Å². The third kappa shape index (κ3) is 9.41. The molecule has 0 saturated heterocycles. The van der Waals surface area contributed by atoms with Crippen molar-refractivity contribution in [2.24, 2.45) is 0 Å². The number of carboxylic acid groups (broad SMARTS) is 2. The molecule has 0 aliphatic rings. The van der Waals surface area contributed by atoms with Crippen LogP contribution in [0, 0.1) is 22.7 Å². The normalized spacial score (nSPS) is 6.96. The zero-order valence-electron chi connectivity index (χ0n) is 12.0. The minimum atomic E-state index is -1.51. The summed E-state index contributed by atoms with van der Waals surface area (Å²) in [6.07, 6.45) is 0. The number of hydrogen-bond donors (Lipinski definition) is 2. The van der Waals surface area contributed by atoms with Crippen LogP contribution >= 0.6 is 0 Å². The Kier molecular flexibility index (Phi) is 22.3. The predicted octanol–water partition coefficient (Wildman–Crippen LogP) is -7.60. The maximum atomic E-state index is 10.1. The van der Waals surface area contributed by atoms with Crippen LogP contribution in [0.5, 0.6) is 0 Å². The summed E-state index contributed by atoms with van der Waals surface area (Å²) in [7, 11) is 0. The van der Waals surface area contributed by atoms with Gasteiger partial charge in [0.2, 0.25) is 0 Å². The fraction of sp³-hybridized carbons (Fsp3) is 0. The van der Waals surface area contributed by atoms with Gasteiger partial charge in [-0.25, -0.2) is 0 Å². The number of carbonyl (C=O) groups is 2. The molecular weight excluding hydrogens is 424 g/mol. The second-order valence-electron chi connectivity index (χ2n) is 2.84. The number of aromatic nitrogens is 6. The van der Waals surface area contributed by atoms with Gasteiger partial charge in [-0.2, -0.15) is 31.1 Å². The summed E-state index contributed by atoms with van der Waals surface area (Å²) in [6, 6.07) is 3.06. The zero-order valence-corrected chi connectivity index (χ0v) is 15.5. The topological polar surface area (TPSA) is 337 Å². The first-order valence-electron chi connectivity index (χ1n) is 4.55. The van der Waals surface area contributed by atoms with Crippen molar-refractivity contribution in [1.82, 2.24) is 30.8 Å². The molecule has 0 aromatic carbocycles. The maximum absolute atomic E-state index is 10.1. The van der Waals surface area contributed by atoms with E-state index >= 15 is 0 Å². The van der Waals surface area contributed by atoms with E-state index in [0.717, 1.165) is 0 Å². The first kappa shape index (κ1) is 34.0. The SMILES string of the molecule is N#Cc1n[nH]nc1C(=O)[O-].N#Cc1n[nH]nc1C(=O)[O-].O.O.O.O.[Sr+2]. The number of carboxylic acids is 2. The van der Waals surface area contributed by atoms with Gasteiger partial charge in [0.05, 0.1) is 11.9 Å². The quantitative estimate of drug-likeness (QED) is 0.420. The van der Waals surface area contributed by atoms with E-state index in [2.05, 4.69) is 20.4 Å². The van der Waals surface area contributed by atoms with Gasteiger partial charge >= 0.3 is 45.5 Å². The molecule has 0 fully saturated rings. The van der Waals surface area contributed by atoms with Gasteiger partial charge in [-0.1, -0.05) is 0 Å². The van der Waals surface area contributed by atoms with E-state index in [0.29, 0.717) is 0 Å². The van der Waals surface area contributed by atoms with Crippen molar-refractivity contribution in [3.8, 4) is 12.1 Å². The van der Waals surface area contributed by atoms with Crippen LogP contribution in [0.1, 0.15) is 32.4 Å². The third-order valence-electron chi connectivity index (χ3n) is 1.69. The Morgan fingerprint density at radius 2 is 1.04 bits per heavy atom. The molecule has 0 unspecified atom stereocenters. The van der Waals surface area contributed by atoms with Crippen LogP contribution in [0.25, 0.3) is 0 Å². The Bertz CT molecular complexity index is 669. The summed E-state index contributed by atoms with van der Waals surface area (Å²) in [6.45, 7) is 0. The standard InChI is InChI=1S/2C4H2N4O2.4H2O.Sr/c2*5-1-2-3(4(9)10)7-8-6-2;;;;;/h2*(H,9,10)(H,6,7,8);4*1H2;/q;;;;;;+2/p-2. The molecular formula is C8H10N8O8Sr. The number of nitrogens with one attached hydrogen (secondary N) is 2. The van der Waals surface area contributed by atoms with Crippen LogP contribution < -0.4 is 10.2 Å². The number of hydrogen-bond acceptors (Lipinski definition) is 10. The molecule has 0 spiro atoms. The van der Waals surface area contributed by atoms with Gasteiger partial charge in [0.1, 0.15) is 23.5 Å². The Morgan fingerprint density at radius 1 is 0.760 bits per heavy atom. The van der Waals surface area contributed by atoms with Crippen molar-refractivity contribution < 1.29 is 41.7 Å². The van der Waals surface area contributed by atoms with E-state index in [4.69, 9.17) is 10.5 Å². The molecule has 132 valence electrons. The molecule has 0 saturated carbocycles. The minimum absolute atomic E-state index is 0. The van der Waals surface area contributed by atoms with E-state index in [1.54, 1.807) is 0 Å². The second kappa shape index (κ2) is 16.4. The number of H-pyrrole nitrogens is 2. The number of nitrogens with zero attached hydrogens (tertiary/aromatic N) is 6. The fourth-order valence-electron chi connectivity index (χ4n) is 0.902. The van der Waals surface area contributed by atoms with E-state index in [-0.39, 0.29) is 78.8 Å². The third-order valence-corrected chi connectivity index (χ3v) is 1.69. The second-order valence-corrected chi connectivity index (χ2v) is 2.84. The molecule has 10 N–H and O–H groups in total. The summed E-state index contributed by atoms with van der Waals surface area (Å²) in [4.78, 5) is 20.1. The number of carbonyl (C=O) groups excluding carboxylic acids is 2. The van der Waals surface area contributed by atoms with Crippen LogP contribution in [-0.2, 0) is 0 Å². The van der Waals surface area contributed by atoms with Crippen LogP contribution in [0.15, 0.2) is 0 Å². The van der Waals surface area contributed by atoms with Crippen molar-refractivity contribution in [3.05, 3.63) is 22.8 Å². The van der Waals surface area contributed by atoms with Crippen molar-refractivity contribution in [1.29, 1.82) is 10.5 Å². The maximum Gasteiger partial charge on any atom is 2.00 e. The Balaban J connectivity index is -0.0000000889. The summed E-state index contributed by atoms with van der Waals surface area (Å²) >= 11 is 0. The van der Waals surface area contributed by atoms with E-state index < -0.39 is 23.3 Å². The molecule has 0 atom stereocenters. The monoisotopic (exact) mass is 434 g/mol. The summed E-state index contributed by atoms with van der Waals surface area (Å²) in [5, 5.41) is 53.3. The van der Waals surface area contributed by atoms with Crippen LogP contribution in [0.2, 0.25) is 0 Å². The van der Waals surface area contributed by atoms with Gasteiger partial charge < -0.3 is 41.7 Å². The van der Waals surface area contributed by atoms with E-state index in [1.807, 2.05) is 10.4 Å². The molecule has 17 heteroatoms. The van der Waals surface area contributed by atoms with Crippen LogP contribution in [0.4, 0.5) is 0 Å². The van der Waals surface area contributed by atoms with Gasteiger partial charge in [0, 0.05) is 0 Å².